The Bertz CT molecular complexity index is 846. The summed E-state index contributed by atoms with van der Waals surface area (Å²) in [6, 6.07) is 0. The molecule has 4 bridgehead atoms. The third-order valence-electron chi connectivity index (χ3n) is 8.29. The first-order valence-electron chi connectivity index (χ1n) is 9.91. The number of esters is 3. The first kappa shape index (κ1) is 17.9. The second-order valence-corrected chi connectivity index (χ2v) is 9.30. The summed E-state index contributed by atoms with van der Waals surface area (Å²) in [7, 11) is 1.34. The fraction of sp³-hybridized carbons (Fsp3) is 0.714. The van der Waals surface area contributed by atoms with Gasteiger partial charge in [0.15, 0.2) is 0 Å². The topological polar surface area (TPSA) is 96.0 Å². The minimum Gasteiger partial charge on any atom is -0.469 e. The van der Waals surface area contributed by atoms with Crippen LogP contribution < -0.4 is 0 Å². The van der Waals surface area contributed by atoms with Crippen molar-refractivity contribution in [3.63, 3.8) is 0 Å². The van der Waals surface area contributed by atoms with Crippen LogP contribution in [0, 0.1) is 34.5 Å². The van der Waals surface area contributed by atoms with Crippen LogP contribution in [0.5, 0.6) is 0 Å². The molecule has 3 saturated carbocycles. The Morgan fingerprint density at radius 1 is 1.25 bits per heavy atom. The number of methoxy groups -OCH3 is 1. The number of rotatable bonds is 2. The van der Waals surface area contributed by atoms with Crippen molar-refractivity contribution in [2.75, 3.05) is 7.11 Å². The fourth-order valence-corrected chi connectivity index (χ4v) is 7.40. The van der Waals surface area contributed by atoms with E-state index < -0.39 is 52.3 Å². The zero-order chi connectivity index (χ0) is 20.1. The number of fused-ring (bicyclic) bond motifs is 1. The maximum Gasteiger partial charge on any atom is 0.317 e. The Balaban J connectivity index is 1.72. The summed E-state index contributed by atoms with van der Waals surface area (Å²) in [6.45, 7) is 3.02. The Morgan fingerprint density at radius 2 is 2.00 bits per heavy atom. The summed E-state index contributed by atoms with van der Waals surface area (Å²) in [6.07, 6.45) is 5.19. The lowest BCUT2D eigenvalue weighted by atomic mass is 9.61. The second-order valence-electron chi connectivity index (χ2n) is 9.30. The standard InChI is InChI=1S/C21H24O7/c1-10(22)27-14-6-7-21-13-5-4-11-8-20(13,9-12(11)23)15(17(24)26-3)16(21)19(14,2)18(25)28-21/h6-7,11,13-16H,4-5,8-9H2,1-3H3/t11-,13-,14+,15-,16-,19+,20-,21-/m1/s1. The van der Waals surface area contributed by atoms with Crippen LogP contribution >= 0.6 is 0 Å². The highest BCUT2D eigenvalue weighted by Crippen LogP contribution is 2.76. The molecule has 0 aromatic carbocycles. The summed E-state index contributed by atoms with van der Waals surface area (Å²) in [5.74, 6) is -2.48. The molecule has 28 heavy (non-hydrogen) atoms. The lowest BCUT2D eigenvalue weighted by Crippen LogP contribution is -2.52. The smallest absolute Gasteiger partial charge is 0.317 e. The molecule has 0 N–H and O–H groups in total. The third-order valence-corrected chi connectivity index (χ3v) is 8.29. The van der Waals surface area contributed by atoms with Crippen LogP contribution in [0.3, 0.4) is 0 Å². The molecule has 0 radical (unpaired) electrons. The Morgan fingerprint density at radius 3 is 2.68 bits per heavy atom. The van der Waals surface area contributed by atoms with Crippen molar-refractivity contribution in [2.24, 2.45) is 34.5 Å². The van der Waals surface area contributed by atoms with E-state index >= 15 is 0 Å². The van der Waals surface area contributed by atoms with Gasteiger partial charge in [-0.1, -0.05) is 0 Å². The van der Waals surface area contributed by atoms with Gasteiger partial charge in [0.25, 0.3) is 0 Å². The quantitative estimate of drug-likeness (QED) is 0.403. The number of Topliss-reactive ketones (excluding diaryl/α,β-unsaturated/α-hetero) is 1. The number of carbonyl (C=O) groups excluding carboxylic acids is 4. The van der Waals surface area contributed by atoms with Gasteiger partial charge in [0.2, 0.25) is 0 Å². The van der Waals surface area contributed by atoms with Crippen molar-refractivity contribution in [3.05, 3.63) is 12.2 Å². The maximum atomic E-state index is 13.1. The van der Waals surface area contributed by atoms with Gasteiger partial charge in [-0.15, -0.1) is 0 Å². The number of ketones is 1. The minimum absolute atomic E-state index is 0.0322. The molecule has 0 unspecified atom stereocenters. The minimum atomic E-state index is -1.19. The van der Waals surface area contributed by atoms with Gasteiger partial charge in [0, 0.05) is 31.1 Å². The van der Waals surface area contributed by atoms with Crippen LogP contribution in [-0.2, 0) is 33.4 Å². The van der Waals surface area contributed by atoms with E-state index in [0.717, 1.165) is 12.8 Å². The highest BCUT2D eigenvalue weighted by molar-refractivity contribution is 5.90. The molecule has 150 valence electrons. The highest BCUT2D eigenvalue weighted by atomic mass is 16.6. The van der Waals surface area contributed by atoms with Crippen LogP contribution in [0.2, 0.25) is 0 Å². The number of carbonyl (C=O) groups is 4. The van der Waals surface area contributed by atoms with E-state index in [0.29, 0.717) is 12.8 Å². The third kappa shape index (κ3) is 1.77. The van der Waals surface area contributed by atoms with Crippen LogP contribution in [0.25, 0.3) is 0 Å². The van der Waals surface area contributed by atoms with Gasteiger partial charge in [-0.2, -0.15) is 0 Å². The number of ether oxygens (including phenoxy) is 3. The first-order chi connectivity index (χ1) is 13.2. The van der Waals surface area contributed by atoms with E-state index in [1.54, 1.807) is 13.0 Å². The Kier molecular flexibility index (Phi) is 3.35. The van der Waals surface area contributed by atoms with Crippen LogP contribution in [0.1, 0.15) is 39.5 Å². The number of hydrogen-bond donors (Lipinski definition) is 0. The highest BCUT2D eigenvalue weighted by Gasteiger charge is 2.83. The Labute approximate surface area is 162 Å². The van der Waals surface area contributed by atoms with Crippen molar-refractivity contribution in [3.8, 4) is 0 Å². The summed E-state index contributed by atoms with van der Waals surface area (Å²) >= 11 is 0. The van der Waals surface area contributed by atoms with Crippen LogP contribution in [0.4, 0.5) is 0 Å². The number of hydrogen-bond acceptors (Lipinski definition) is 7. The van der Waals surface area contributed by atoms with E-state index in [1.165, 1.54) is 14.0 Å². The summed E-state index contributed by atoms with van der Waals surface area (Å²) in [4.78, 5) is 50.5. The fourth-order valence-electron chi connectivity index (χ4n) is 7.40. The molecule has 8 atom stereocenters. The molecule has 4 fully saturated rings. The predicted molar refractivity (Wildman–Crippen MR) is 93.5 cm³/mol. The summed E-state index contributed by atoms with van der Waals surface area (Å²) in [5.41, 5.74) is -2.70. The SMILES string of the molecule is COC(=O)[C@H]1[C@H]2[C@@]3(C=C[C@H](OC(C)=O)[C@]2(C)C(=O)O3)[C@@H]2CC[C@@H]3C[C@@]21CC3=O. The van der Waals surface area contributed by atoms with Crippen molar-refractivity contribution in [1.82, 2.24) is 0 Å². The molecular weight excluding hydrogens is 364 g/mol. The van der Waals surface area contributed by atoms with Crippen molar-refractivity contribution in [1.29, 1.82) is 0 Å². The van der Waals surface area contributed by atoms with E-state index in [-0.39, 0.29) is 17.6 Å². The summed E-state index contributed by atoms with van der Waals surface area (Å²) in [5, 5.41) is 0. The van der Waals surface area contributed by atoms with Gasteiger partial charge in [-0.3, -0.25) is 19.2 Å². The van der Waals surface area contributed by atoms with Crippen LogP contribution in [0.15, 0.2) is 12.2 Å². The van der Waals surface area contributed by atoms with E-state index in [9.17, 15) is 19.2 Å². The maximum absolute atomic E-state index is 13.1. The molecule has 5 rings (SSSR count). The molecule has 5 aliphatic rings. The van der Waals surface area contributed by atoms with Crippen molar-refractivity contribution < 1.29 is 33.4 Å². The molecule has 7 heteroatoms. The van der Waals surface area contributed by atoms with Crippen LogP contribution in [-0.4, -0.2) is 42.5 Å². The molecule has 0 amide bonds. The normalized spacial score (nSPS) is 50.0. The zero-order valence-electron chi connectivity index (χ0n) is 16.2. The molecular formula is C21H24O7. The zero-order valence-corrected chi connectivity index (χ0v) is 16.2. The molecule has 0 aromatic heterocycles. The van der Waals surface area contributed by atoms with Gasteiger partial charge in [0.1, 0.15) is 22.9 Å². The largest absolute Gasteiger partial charge is 0.469 e. The van der Waals surface area contributed by atoms with E-state index in [4.69, 9.17) is 14.2 Å². The Hall–Kier alpha value is -2.18. The summed E-state index contributed by atoms with van der Waals surface area (Å²) < 4.78 is 16.7. The molecule has 1 heterocycles. The van der Waals surface area contributed by atoms with Gasteiger partial charge >= 0.3 is 17.9 Å². The molecule has 0 aromatic rings. The lowest BCUT2D eigenvalue weighted by Gasteiger charge is -2.42. The van der Waals surface area contributed by atoms with Gasteiger partial charge in [0.05, 0.1) is 13.0 Å². The second kappa shape index (κ2) is 5.24. The molecule has 7 nitrogen and oxygen atoms in total. The monoisotopic (exact) mass is 388 g/mol. The van der Waals surface area contributed by atoms with E-state index in [2.05, 4.69) is 0 Å². The van der Waals surface area contributed by atoms with Gasteiger partial charge < -0.3 is 14.2 Å². The predicted octanol–water partition coefficient (Wildman–Crippen LogP) is 1.58. The van der Waals surface area contributed by atoms with Crippen molar-refractivity contribution in [2.45, 2.75) is 51.2 Å². The molecule has 1 saturated heterocycles. The average molecular weight is 388 g/mol. The molecule has 4 aliphatic carbocycles. The first-order valence-corrected chi connectivity index (χ1v) is 9.91. The van der Waals surface area contributed by atoms with Gasteiger partial charge in [-0.05, 0) is 43.8 Å². The van der Waals surface area contributed by atoms with Gasteiger partial charge in [-0.25, -0.2) is 0 Å². The average Bonchev–Trinajstić information content (AvgIpc) is 3.10. The lowest BCUT2D eigenvalue weighted by molar-refractivity contribution is -0.167. The molecule has 1 aliphatic heterocycles. The van der Waals surface area contributed by atoms with Crippen molar-refractivity contribution >= 4 is 23.7 Å². The molecule has 1 spiro atoms. The van der Waals surface area contributed by atoms with E-state index in [1.807, 2.05) is 6.08 Å².